The number of hydrogen-bond donors (Lipinski definition) is 1. The zero-order valence-electron chi connectivity index (χ0n) is 21.8. The van der Waals surface area contributed by atoms with Gasteiger partial charge in [-0.1, -0.05) is 43.2 Å². The lowest BCUT2D eigenvalue weighted by Gasteiger charge is -2.41. The predicted octanol–water partition coefficient (Wildman–Crippen LogP) is 4.56. The Bertz CT molecular complexity index is 1130. The van der Waals surface area contributed by atoms with Gasteiger partial charge >= 0.3 is 0 Å². The van der Waals surface area contributed by atoms with Crippen molar-refractivity contribution in [2.24, 2.45) is 5.92 Å². The van der Waals surface area contributed by atoms with E-state index in [1.807, 2.05) is 60.0 Å². The van der Waals surface area contributed by atoms with Crippen molar-refractivity contribution >= 4 is 23.2 Å². The molecule has 0 radical (unpaired) electrons. The van der Waals surface area contributed by atoms with Gasteiger partial charge in [0.1, 0.15) is 17.7 Å². The third kappa shape index (κ3) is 5.78. The number of carbonyl (C=O) groups is 2. The Morgan fingerprint density at radius 2 is 1.70 bits per heavy atom. The number of nitrogens with one attached hydrogen (secondary N) is 1. The van der Waals surface area contributed by atoms with Crippen LogP contribution in [0.4, 0.5) is 15.8 Å². The van der Waals surface area contributed by atoms with Gasteiger partial charge in [0.2, 0.25) is 11.8 Å². The summed E-state index contributed by atoms with van der Waals surface area (Å²) in [7, 11) is 0. The molecule has 1 aliphatic carbocycles. The van der Waals surface area contributed by atoms with E-state index in [0.717, 1.165) is 31.2 Å². The Morgan fingerprint density at radius 3 is 2.30 bits per heavy atom. The van der Waals surface area contributed by atoms with Crippen LogP contribution in [0.3, 0.4) is 0 Å². The summed E-state index contributed by atoms with van der Waals surface area (Å²) in [4.78, 5) is 32.0. The predicted molar refractivity (Wildman–Crippen MR) is 143 cm³/mol. The largest absolute Gasteiger partial charge is 0.368 e. The van der Waals surface area contributed by atoms with Crippen LogP contribution in [0.5, 0.6) is 0 Å². The average molecular weight is 506 g/mol. The first-order valence-electron chi connectivity index (χ1n) is 13.3. The SMILES string of the molecule is CCN(CC)C(=O)C(c1ccccc1)N1CCN(c2ccc(NC(=O)C3CCCC3)c(F)c2C#N)CC1. The molecule has 37 heavy (non-hydrogen) atoms. The summed E-state index contributed by atoms with van der Waals surface area (Å²) in [5, 5.41) is 12.5. The van der Waals surface area contributed by atoms with Crippen LogP contribution < -0.4 is 10.2 Å². The lowest BCUT2D eigenvalue weighted by atomic mass is 10.0. The maximum Gasteiger partial charge on any atom is 0.244 e. The second-order valence-electron chi connectivity index (χ2n) is 9.75. The van der Waals surface area contributed by atoms with Crippen molar-refractivity contribution in [3.8, 4) is 6.07 Å². The first-order valence-corrected chi connectivity index (χ1v) is 13.3. The molecule has 7 nitrogen and oxygen atoms in total. The summed E-state index contributed by atoms with van der Waals surface area (Å²) in [5.41, 5.74) is 1.48. The van der Waals surface area contributed by atoms with E-state index in [0.29, 0.717) is 45.0 Å². The summed E-state index contributed by atoms with van der Waals surface area (Å²) in [6, 6.07) is 14.7. The van der Waals surface area contributed by atoms with Crippen molar-refractivity contribution in [3.63, 3.8) is 0 Å². The van der Waals surface area contributed by atoms with Crippen LogP contribution in [-0.4, -0.2) is 60.9 Å². The van der Waals surface area contributed by atoms with Gasteiger partial charge in [-0.3, -0.25) is 14.5 Å². The fourth-order valence-electron chi connectivity index (χ4n) is 5.53. The molecule has 2 fully saturated rings. The Hall–Kier alpha value is -3.44. The minimum absolute atomic E-state index is 0.0588. The van der Waals surface area contributed by atoms with E-state index < -0.39 is 5.82 Å². The molecule has 1 aliphatic heterocycles. The van der Waals surface area contributed by atoms with Gasteiger partial charge in [-0.15, -0.1) is 0 Å². The molecule has 1 heterocycles. The van der Waals surface area contributed by atoms with Crippen LogP contribution in [0.25, 0.3) is 0 Å². The van der Waals surface area contributed by atoms with Crippen LogP contribution in [0, 0.1) is 23.1 Å². The average Bonchev–Trinajstić information content (AvgIpc) is 3.47. The Labute approximate surface area is 218 Å². The summed E-state index contributed by atoms with van der Waals surface area (Å²) in [6.45, 7) is 7.56. The zero-order valence-corrected chi connectivity index (χ0v) is 21.8. The highest BCUT2D eigenvalue weighted by Crippen LogP contribution is 2.32. The number of carbonyl (C=O) groups excluding carboxylic acids is 2. The molecule has 0 spiro atoms. The van der Waals surface area contributed by atoms with Gasteiger partial charge < -0.3 is 15.1 Å². The maximum absolute atomic E-state index is 15.3. The van der Waals surface area contributed by atoms with E-state index in [4.69, 9.17) is 0 Å². The topological polar surface area (TPSA) is 79.7 Å². The number of amides is 2. The van der Waals surface area contributed by atoms with E-state index in [1.54, 1.807) is 12.1 Å². The van der Waals surface area contributed by atoms with E-state index in [-0.39, 0.29) is 35.0 Å². The smallest absolute Gasteiger partial charge is 0.244 e. The molecule has 4 rings (SSSR count). The first kappa shape index (κ1) is 26.6. The minimum Gasteiger partial charge on any atom is -0.368 e. The van der Waals surface area contributed by atoms with Crippen LogP contribution in [0.15, 0.2) is 42.5 Å². The molecular formula is C29H36FN5O2. The highest BCUT2D eigenvalue weighted by atomic mass is 19.1. The lowest BCUT2D eigenvalue weighted by molar-refractivity contribution is -0.137. The second-order valence-corrected chi connectivity index (χ2v) is 9.75. The molecule has 1 atom stereocenters. The van der Waals surface area contributed by atoms with Gasteiger partial charge in [-0.05, 0) is 44.4 Å². The van der Waals surface area contributed by atoms with Crippen LogP contribution in [0.2, 0.25) is 0 Å². The molecule has 2 aromatic carbocycles. The van der Waals surface area contributed by atoms with Crippen molar-refractivity contribution in [1.29, 1.82) is 5.26 Å². The zero-order chi connectivity index (χ0) is 26.4. The van der Waals surface area contributed by atoms with Crippen LogP contribution in [0.1, 0.15) is 56.7 Å². The molecule has 1 saturated carbocycles. The Morgan fingerprint density at radius 1 is 1.05 bits per heavy atom. The third-order valence-corrected chi connectivity index (χ3v) is 7.66. The van der Waals surface area contributed by atoms with Crippen molar-refractivity contribution in [2.45, 2.75) is 45.6 Å². The Balaban J connectivity index is 1.50. The van der Waals surface area contributed by atoms with Gasteiger partial charge in [0.05, 0.1) is 11.4 Å². The number of piperazine rings is 1. The van der Waals surface area contributed by atoms with E-state index >= 15 is 4.39 Å². The highest BCUT2D eigenvalue weighted by Gasteiger charge is 2.33. The number of anilines is 2. The molecule has 0 aromatic heterocycles. The summed E-state index contributed by atoms with van der Waals surface area (Å²) in [6.07, 6.45) is 3.67. The van der Waals surface area contributed by atoms with Crippen molar-refractivity contribution in [2.75, 3.05) is 49.5 Å². The number of halogens is 1. The molecule has 196 valence electrons. The summed E-state index contributed by atoms with van der Waals surface area (Å²) in [5.74, 6) is -0.871. The normalized spacial score (nSPS) is 17.3. The minimum atomic E-state index is -0.687. The molecule has 0 bridgehead atoms. The number of rotatable bonds is 8. The first-order chi connectivity index (χ1) is 18.0. The third-order valence-electron chi connectivity index (χ3n) is 7.66. The van der Waals surface area contributed by atoms with Crippen molar-refractivity contribution in [3.05, 3.63) is 59.4 Å². The van der Waals surface area contributed by atoms with Gasteiger partial charge in [-0.25, -0.2) is 4.39 Å². The molecule has 2 amide bonds. The number of likely N-dealkylation sites (N-methyl/N-ethyl adjacent to an activating group) is 1. The van der Waals surface area contributed by atoms with E-state index in [2.05, 4.69) is 10.2 Å². The molecule has 1 N–H and O–H groups in total. The monoisotopic (exact) mass is 505 g/mol. The number of hydrogen-bond acceptors (Lipinski definition) is 5. The van der Waals surface area contributed by atoms with E-state index in [1.165, 1.54) is 0 Å². The standard InChI is InChI=1S/C29H36FN5O2/c1-3-33(4-2)29(37)27(21-10-6-5-7-11-21)35-18-16-34(17-19-35)25-15-14-24(26(30)23(25)20-31)32-28(36)22-12-8-9-13-22/h5-7,10-11,14-15,22,27H,3-4,8-9,12-13,16-19H2,1-2H3,(H,32,36). The van der Waals surface area contributed by atoms with Crippen molar-refractivity contribution in [1.82, 2.24) is 9.80 Å². The second kappa shape index (κ2) is 12.2. The van der Waals surface area contributed by atoms with Gasteiger partial charge in [0, 0.05) is 45.2 Å². The highest BCUT2D eigenvalue weighted by molar-refractivity contribution is 5.93. The van der Waals surface area contributed by atoms with E-state index in [9.17, 15) is 14.9 Å². The lowest BCUT2D eigenvalue weighted by Crippen LogP contribution is -2.52. The molecule has 8 heteroatoms. The number of nitriles is 1. The fourth-order valence-corrected chi connectivity index (χ4v) is 5.53. The fraction of sp³-hybridized carbons (Fsp3) is 0.483. The quantitative estimate of drug-likeness (QED) is 0.569. The summed E-state index contributed by atoms with van der Waals surface area (Å²) >= 11 is 0. The molecule has 1 unspecified atom stereocenters. The van der Waals surface area contributed by atoms with Crippen LogP contribution in [-0.2, 0) is 9.59 Å². The molecule has 2 aliphatic rings. The maximum atomic E-state index is 15.3. The summed E-state index contributed by atoms with van der Waals surface area (Å²) < 4.78 is 15.3. The molecule has 2 aromatic rings. The number of benzene rings is 2. The van der Waals surface area contributed by atoms with Crippen molar-refractivity contribution < 1.29 is 14.0 Å². The van der Waals surface area contributed by atoms with Gasteiger partial charge in [-0.2, -0.15) is 5.26 Å². The van der Waals surface area contributed by atoms with Crippen LogP contribution >= 0.6 is 0 Å². The molecular weight excluding hydrogens is 469 g/mol. The number of nitrogens with zero attached hydrogens (tertiary/aromatic N) is 4. The van der Waals surface area contributed by atoms with Gasteiger partial charge in [0.25, 0.3) is 0 Å². The van der Waals surface area contributed by atoms with Gasteiger partial charge in [0.15, 0.2) is 5.82 Å². The Kier molecular flexibility index (Phi) is 8.78. The molecule has 1 saturated heterocycles.